The highest BCUT2D eigenvalue weighted by atomic mass is 79.9. The highest BCUT2D eigenvalue weighted by Crippen LogP contribution is 2.37. The van der Waals surface area contributed by atoms with Crippen molar-refractivity contribution in [3.63, 3.8) is 0 Å². The first-order valence-corrected chi connectivity index (χ1v) is 6.76. The molecular formula is C13H18BrNO2. The first-order valence-electron chi connectivity index (χ1n) is 5.97. The molecule has 17 heavy (non-hydrogen) atoms. The van der Waals surface area contributed by atoms with Gasteiger partial charge in [-0.25, -0.2) is 0 Å². The molecule has 0 amide bonds. The highest BCUT2D eigenvalue weighted by Gasteiger charge is 2.19. The van der Waals surface area contributed by atoms with Crippen LogP contribution in [0, 0.1) is 5.92 Å². The average molecular weight is 300 g/mol. The van der Waals surface area contributed by atoms with Crippen LogP contribution < -0.4 is 10.1 Å². The molecule has 0 radical (unpaired) electrons. The van der Waals surface area contributed by atoms with Crippen molar-refractivity contribution in [1.82, 2.24) is 5.32 Å². The predicted octanol–water partition coefficient (Wildman–Crippen LogP) is 2.71. The molecule has 0 spiro atoms. The Bertz CT molecular complexity index is 389. The molecule has 0 bridgehead atoms. The highest BCUT2D eigenvalue weighted by molar-refractivity contribution is 9.10. The second-order valence-electron chi connectivity index (χ2n) is 4.49. The maximum absolute atomic E-state index is 10.1. The molecule has 4 heteroatoms. The number of halogens is 1. The quantitative estimate of drug-likeness (QED) is 0.902. The Balaban J connectivity index is 2.18. The lowest BCUT2D eigenvalue weighted by Gasteiger charge is -2.23. The average Bonchev–Trinajstić information content (AvgIpc) is 2.36. The van der Waals surface area contributed by atoms with Gasteiger partial charge in [0.15, 0.2) is 11.5 Å². The molecule has 1 atom stereocenters. The number of nitrogens with one attached hydrogen (secondary N) is 1. The normalized spacial score (nSPS) is 20.2. The predicted molar refractivity (Wildman–Crippen MR) is 71.7 cm³/mol. The third-order valence-electron chi connectivity index (χ3n) is 3.30. The molecule has 0 saturated carbocycles. The van der Waals surface area contributed by atoms with Gasteiger partial charge >= 0.3 is 0 Å². The number of phenols is 1. The molecule has 1 aliphatic rings. The van der Waals surface area contributed by atoms with E-state index < -0.39 is 0 Å². The molecule has 1 unspecified atom stereocenters. The van der Waals surface area contributed by atoms with Crippen LogP contribution in [0.15, 0.2) is 16.6 Å². The topological polar surface area (TPSA) is 41.5 Å². The minimum atomic E-state index is 0.271. The largest absolute Gasteiger partial charge is 0.504 e. The number of hydrogen-bond acceptors (Lipinski definition) is 3. The van der Waals surface area contributed by atoms with E-state index in [9.17, 15) is 5.11 Å². The Morgan fingerprint density at radius 1 is 1.53 bits per heavy atom. The summed E-state index contributed by atoms with van der Waals surface area (Å²) in [5.41, 5.74) is 0.957. The second-order valence-corrected chi connectivity index (χ2v) is 5.35. The molecular weight excluding hydrogens is 282 g/mol. The minimum Gasteiger partial charge on any atom is -0.504 e. The molecule has 2 rings (SSSR count). The third kappa shape index (κ3) is 2.93. The number of methoxy groups -OCH3 is 1. The zero-order valence-electron chi connectivity index (χ0n) is 10.0. The van der Waals surface area contributed by atoms with E-state index in [4.69, 9.17) is 4.74 Å². The van der Waals surface area contributed by atoms with Gasteiger partial charge in [-0.05, 0) is 50.4 Å². The van der Waals surface area contributed by atoms with E-state index in [1.165, 1.54) is 12.8 Å². The summed E-state index contributed by atoms with van der Waals surface area (Å²) in [6, 6.07) is 3.71. The van der Waals surface area contributed by atoms with Crippen molar-refractivity contribution in [3.8, 4) is 11.5 Å². The minimum absolute atomic E-state index is 0.271. The summed E-state index contributed by atoms with van der Waals surface area (Å²) in [5.74, 6) is 1.41. The molecule has 94 valence electrons. The Morgan fingerprint density at radius 2 is 2.35 bits per heavy atom. The number of piperidine rings is 1. The summed E-state index contributed by atoms with van der Waals surface area (Å²) >= 11 is 3.50. The monoisotopic (exact) mass is 299 g/mol. The van der Waals surface area contributed by atoms with Crippen LogP contribution in [-0.2, 0) is 6.42 Å². The van der Waals surface area contributed by atoms with E-state index in [1.54, 1.807) is 13.2 Å². The van der Waals surface area contributed by atoms with Crippen LogP contribution in [0.5, 0.6) is 11.5 Å². The number of aromatic hydroxyl groups is 1. The van der Waals surface area contributed by atoms with Crippen molar-refractivity contribution in [2.75, 3.05) is 20.2 Å². The van der Waals surface area contributed by atoms with Gasteiger partial charge in [0, 0.05) is 10.0 Å². The number of hydrogen-bond donors (Lipinski definition) is 2. The van der Waals surface area contributed by atoms with Crippen LogP contribution in [0.4, 0.5) is 0 Å². The summed E-state index contributed by atoms with van der Waals surface area (Å²) in [5, 5.41) is 13.5. The molecule has 3 nitrogen and oxygen atoms in total. The summed E-state index contributed by atoms with van der Waals surface area (Å²) in [7, 11) is 1.58. The van der Waals surface area contributed by atoms with Crippen molar-refractivity contribution < 1.29 is 9.84 Å². The van der Waals surface area contributed by atoms with Crippen molar-refractivity contribution in [2.45, 2.75) is 19.3 Å². The smallest absolute Gasteiger partial charge is 0.162 e. The van der Waals surface area contributed by atoms with Crippen LogP contribution >= 0.6 is 15.9 Å². The molecule has 1 fully saturated rings. The molecule has 1 heterocycles. The molecule has 1 aromatic carbocycles. The Kier molecular flexibility index (Phi) is 4.29. The fraction of sp³-hybridized carbons (Fsp3) is 0.538. The lowest BCUT2D eigenvalue weighted by Crippen LogP contribution is -2.30. The zero-order valence-corrected chi connectivity index (χ0v) is 11.6. The Hall–Kier alpha value is -0.740. The van der Waals surface area contributed by atoms with Gasteiger partial charge in [0.25, 0.3) is 0 Å². The van der Waals surface area contributed by atoms with Gasteiger partial charge < -0.3 is 15.2 Å². The third-order valence-corrected chi connectivity index (χ3v) is 4.04. The van der Waals surface area contributed by atoms with Crippen LogP contribution in [-0.4, -0.2) is 25.3 Å². The van der Waals surface area contributed by atoms with Crippen molar-refractivity contribution in [1.29, 1.82) is 0 Å². The van der Waals surface area contributed by atoms with E-state index in [1.807, 2.05) is 6.07 Å². The molecule has 0 aromatic heterocycles. The van der Waals surface area contributed by atoms with Crippen LogP contribution in [0.2, 0.25) is 0 Å². The van der Waals surface area contributed by atoms with Crippen molar-refractivity contribution >= 4 is 15.9 Å². The Labute approximate surface area is 110 Å². The van der Waals surface area contributed by atoms with Crippen LogP contribution in [0.3, 0.4) is 0 Å². The molecule has 1 aromatic rings. The van der Waals surface area contributed by atoms with Crippen LogP contribution in [0.25, 0.3) is 0 Å². The van der Waals surface area contributed by atoms with E-state index in [0.29, 0.717) is 11.7 Å². The molecule has 1 aliphatic heterocycles. The van der Waals surface area contributed by atoms with Gasteiger partial charge in [0.2, 0.25) is 0 Å². The van der Waals surface area contributed by atoms with Gasteiger partial charge in [-0.15, -0.1) is 0 Å². The summed E-state index contributed by atoms with van der Waals surface area (Å²) in [4.78, 5) is 0. The lowest BCUT2D eigenvalue weighted by molar-refractivity contribution is 0.353. The zero-order chi connectivity index (χ0) is 12.3. The lowest BCUT2D eigenvalue weighted by atomic mass is 9.92. The number of rotatable bonds is 3. The molecule has 2 N–H and O–H groups in total. The van der Waals surface area contributed by atoms with E-state index in [0.717, 1.165) is 29.5 Å². The number of ether oxygens (including phenoxy) is 1. The van der Waals surface area contributed by atoms with Gasteiger partial charge in [0.05, 0.1) is 7.11 Å². The summed E-state index contributed by atoms with van der Waals surface area (Å²) in [6.45, 7) is 2.14. The van der Waals surface area contributed by atoms with E-state index in [2.05, 4.69) is 21.2 Å². The summed E-state index contributed by atoms with van der Waals surface area (Å²) < 4.78 is 6.10. The first kappa shape index (κ1) is 12.7. The second kappa shape index (κ2) is 5.74. The van der Waals surface area contributed by atoms with Crippen molar-refractivity contribution in [2.24, 2.45) is 5.92 Å². The Morgan fingerprint density at radius 3 is 3.00 bits per heavy atom. The standard InChI is InChI=1S/C13H18BrNO2/c1-17-12-5-4-11(14)10(13(12)16)7-9-3-2-6-15-8-9/h4-5,9,15-16H,2-3,6-8H2,1H3. The number of phenolic OH excluding ortho intramolecular Hbond substituents is 1. The maximum atomic E-state index is 10.1. The van der Waals surface area contributed by atoms with E-state index >= 15 is 0 Å². The molecule has 1 saturated heterocycles. The van der Waals surface area contributed by atoms with Gasteiger partial charge in [0.1, 0.15) is 0 Å². The fourth-order valence-corrected chi connectivity index (χ4v) is 2.82. The summed E-state index contributed by atoms with van der Waals surface area (Å²) in [6.07, 6.45) is 3.32. The fourth-order valence-electron chi connectivity index (χ4n) is 2.34. The van der Waals surface area contributed by atoms with Gasteiger partial charge in [-0.1, -0.05) is 15.9 Å². The maximum Gasteiger partial charge on any atom is 0.162 e. The van der Waals surface area contributed by atoms with Crippen LogP contribution in [0.1, 0.15) is 18.4 Å². The van der Waals surface area contributed by atoms with E-state index in [-0.39, 0.29) is 5.75 Å². The molecule has 0 aliphatic carbocycles. The SMILES string of the molecule is COc1ccc(Br)c(CC2CCCNC2)c1O. The van der Waals surface area contributed by atoms with Crippen molar-refractivity contribution in [3.05, 3.63) is 22.2 Å². The number of benzene rings is 1. The first-order chi connectivity index (χ1) is 8.22. The van der Waals surface area contributed by atoms with Gasteiger partial charge in [-0.2, -0.15) is 0 Å². The van der Waals surface area contributed by atoms with Gasteiger partial charge in [-0.3, -0.25) is 0 Å².